The summed E-state index contributed by atoms with van der Waals surface area (Å²) in [7, 11) is 0. The van der Waals surface area contributed by atoms with Crippen LogP contribution in [0.5, 0.6) is 0 Å². The molecular formula is C114H78N12. The Hall–Kier alpha value is -17.0. The Kier molecular flexibility index (Phi) is 18.1. The second kappa shape index (κ2) is 30.3. The first-order valence-electron chi connectivity index (χ1n) is 42.4. The van der Waals surface area contributed by atoms with Gasteiger partial charge in [-0.1, -0.05) is 224 Å². The molecule has 0 saturated heterocycles. The summed E-state index contributed by atoms with van der Waals surface area (Å²) in [4.78, 5) is 15.4. The van der Waals surface area contributed by atoms with E-state index < -0.39 is 0 Å². The Morgan fingerprint density at radius 2 is 0.476 bits per heavy atom. The van der Waals surface area contributed by atoms with Gasteiger partial charge in [0, 0.05) is 86.9 Å². The molecule has 0 bridgehead atoms. The molecule has 0 N–H and O–H groups in total. The van der Waals surface area contributed by atoms with Gasteiger partial charge in [0.15, 0.2) is 0 Å². The van der Waals surface area contributed by atoms with Crippen LogP contribution in [0.15, 0.2) is 364 Å². The predicted octanol–water partition coefficient (Wildman–Crippen LogP) is 28.3. The minimum Gasteiger partial charge on any atom is -0.307 e. The van der Waals surface area contributed by atoms with E-state index in [1.807, 2.05) is 85.3 Å². The molecule has 0 fully saturated rings. The Morgan fingerprint density at radius 3 is 0.810 bits per heavy atom. The highest BCUT2D eigenvalue weighted by Crippen LogP contribution is 2.46. The average molecular weight is 1620 g/mol. The Balaban J connectivity index is 0.000000112. The molecule has 0 aliphatic carbocycles. The maximum atomic E-state index is 10.2. The number of pyridine rings is 3. The van der Waals surface area contributed by atoms with Crippen molar-refractivity contribution in [1.29, 1.82) is 15.8 Å². The second-order valence-electron chi connectivity index (χ2n) is 32.6. The molecule has 0 radical (unpaired) electrons. The van der Waals surface area contributed by atoms with E-state index in [2.05, 4.69) is 366 Å². The maximum absolute atomic E-state index is 10.2. The lowest BCUT2D eigenvalue weighted by atomic mass is 9.99. The molecule has 0 saturated carbocycles. The van der Waals surface area contributed by atoms with E-state index in [1.54, 1.807) is 0 Å². The van der Waals surface area contributed by atoms with Crippen LogP contribution in [0.25, 0.3) is 199 Å². The molecule has 0 spiro atoms. The fourth-order valence-electron chi connectivity index (χ4n) is 19.9. The first-order valence-corrected chi connectivity index (χ1v) is 42.4. The van der Waals surface area contributed by atoms with Crippen molar-refractivity contribution in [2.75, 3.05) is 0 Å². The van der Waals surface area contributed by atoms with Crippen LogP contribution in [-0.4, -0.2) is 42.4 Å². The zero-order valence-electron chi connectivity index (χ0n) is 70.0. The fraction of sp³-hybridized carbons (Fsp3) is 0.0526. The standard InChI is InChI=1S/3C38H26N4/c1-24-10-7-18-33-37(24)28-14-3-5-16-31(28)41(33)35-23-40-36(21-30(35)27-13-9-12-26(20-27)22-39)42-32-17-6-4-15-29(32)38-25(2)11-8-19-34(38)42;1-24-9-7-15-33-37(24)28-11-3-5-13-31(28)41(33)35-23-40-36(21-30(35)27-19-17-26(22-39)18-20-27)42-32-14-6-4-12-29(32)38-25(2)10-8-16-34(38)42;1-24-11-9-19-33-37(24)28-15-5-7-17-31(28)41(33)35-23-40-36(21-30(35)27-14-4-3-13-26(27)22-39)42-32-18-8-6-16-29(32)38-25(2)12-10-20-34(38)42/h3*3-21,23H,1-2H3. The number of para-hydroxylation sites is 6. The first-order chi connectivity index (χ1) is 61.9. The number of aryl methyl sites for hydroxylation is 6. The van der Waals surface area contributed by atoms with Gasteiger partial charge in [0.25, 0.3) is 0 Å². The van der Waals surface area contributed by atoms with E-state index in [-0.39, 0.29) is 0 Å². The molecule has 12 heteroatoms. The number of benzene rings is 15. The van der Waals surface area contributed by atoms with Crippen molar-refractivity contribution in [3.05, 3.63) is 414 Å². The molecular weight excluding hydrogens is 1540 g/mol. The topological polar surface area (TPSA) is 140 Å². The lowest BCUT2D eigenvalue weighted by molar-refractivity contribution is 1.05. The lowest BCUT2D eigenvalue weighted by Gasteiger charge is -2.17. The molecule has 24 rings (SSSR count). The van der Waals surface area contributed by atoms with E-state index in [0.29, 0.717) is 16.7 Å². The highest BCUT2D eigenvalue weighted by Gasteiger charge is 2.27. The largest absolute Gasteiger partial charge is 0.307 e. The average Bonchev–Trinajstić information content (AvgIpc) is 1.58. The smallest absolute Gasteiger partial charge is 0.138 e. The Bertz CT molecular complexity index is 8790. The van der Waals surface area contributed by atoms with Crippen LogP contribution < -0.4 is 0 Å². The van der Waals surface area contributed by atoms with Crippen molar-refractivity contribution < 1.29 is 0 Å². The van der Waals surface area contributed by atoms with Crippen LogP contribution in [0.1, 0.15) is 50.1 Å². The van der Waals surface area contributed by atoms with Gasteiger partial charge in [-0.05, 0) is 207 Å². The Labute approximate surface area is 726 Å². The third kappa shape index (κ3) is 12.0. The van der Waals surface area contributed by atoms with Crippen molar-refractivity contribution in [1.82, 2.24) is 42.4 Å². The summed E-state index contributed by atoms with van der Waals surface area (Å²) in [5.41, 5.74) is 31.6. The van der Waals surface area contributed by atoms with Crippen molar-refractivity contribution >= 4 is 131 Å². The number of nitriles is 3. The molecule has 0 amide bonds. The predicted molar refractivity (Wildman–Crippen MR) is 518 cm³/mol. The van der Waals surface area contributed by atoms with Crippen LogP contribution in [-0.2, 0) is 0 Å². The normalized spacial score (nSPS) is 11.5. The zero-order valence-corrected chi connectivity index (χ0v) is 70.0. The fourth-order valence-corrected chi connectivity index (χ4v) is 19.9. The monoisotopic (exact) mass is 1610 g/mol. The number of aromatic nitrogens is 9. The summed E-state index contributed by atoms with van der Waals surface area (Å²) in [5, 5.41) is 44.1. The third-order valence-corrected chi connectivity index (χ3v) is 25.4. The van der Waals surface area contributed by atoms with E-state index in [9.17, 15) is 15.8 Å². The van der Waals surface area contributed by atoms with Gasteiger partial charge >= 0.3 is 0 Å². The van der Waals surface area contributed by atoms with E-state index >= 15 is 0 Å². The molecule has 9 aromatic heterocycles. The molecule has 0 aliphatic rings. The summed E-state index contributed by atoms with van der Waals surface area (Å²) in [6.45, 7) is 13.0. The zero-order chi connectivity index (χ0) is 85.1. The molecule has 0 aliphatic heterocycles. The van der Waals surface area contributed by atoms with Gasteiger partial charge in [0.1, 0.15) is 17.5 Å². The van der Waals surface area contributed by atoms with Gasteiger partial charge in [-0.15, -0.1) is 0 Å². The minimum atomic E-state index is 0.627. The van der Waals surface area contributed by atoms with Crippen LogP contribution >= 0.6 is 0 Å². The second-order valence-corrected chi connectivity index (χ2v) is 32.6. The van der Waals surface area contributed by atoms with Crippen molar-refractivity contribution in [3.63, 3.8) is 0 Å². The Morgan fingerprint density at radius 1 is 0.206 bits per heavy atom. The van der Waals surface area contributed by atoms with Crippen molar-refractivity contribution in [3.8, 4) is 86.1 Å². The highest BCUT2D eigenvalue weighted by atomic mass is 15.1. The van der Waals surface area contributed by atoms with Crippen LogP contribution in [0.4, 0.5) is 0 Å². The van der Waals surface area contributed by atoms with E-state index in [0.717, 1.165) is 134 Å². The molecule has 0 atom stereocenters. The number of hydrogen-bond acceptors (Lipinski definition) is 6. The van der Waals surface area contributed by atoms with Crippen LogP contribution in [0.2, 0.25) is 0 Å². The number of hydrogen-bond donors (Lipinski definition) is 0. The molecule has 126 heavy (non-hydrogen) atoms. The number of rotatable bonds is 9. The summed E-state index contributed by atoms with van der Waals surface area (Å²) >= 11 is 0. The minimum absolute atomic E-state index is 0.627. The van der Waals surface area contributed by atoms with Crippen LogP contribution in [0, 0.1) is 75.5 Å². The number of fused-ring (bicyclic) bond motifs is 18. The summed E-state index contributed by atoms with van der Waals surface area (Å²) in [6.07, 6.45) is 5.98. The van der Waals surface area contributed by atoms with Gasteiger partial charge in [-0.2, -0.15) is 15.8 Å². The van der Waals surface area contributed by atoms with Gasteiger partial charge in [0.2, 0.25) is 0 Å². The highest BCUT2D eigenvalue weighted by molar-refractivity contribution is 6.17. The SMILES string of the molecule is Cc1cccc2c1c1ccccc1n2-c1cc(-c2ccc(C#N)cc2)c(-n2c3ccccc3c3c(C)cccc32)cn1.Cc1cccc2c1c1ccccc1n2-c1cc(-c2cccc(C#N)c2)c(-n2c3ccccc3c3c(C)cccc32)cn1.Cc1cccc2c1c1ccccc1n2-c1cc(-c2ccccc2C#N)c(-n2c3ccccc3c3c(C)cccc32)cn1. The van der Waals surface area contributed by atoms with Crippen LogP contribution in [0.3, 0.4) is 0 Å². The van der Waals surface area contributed by atoms with Gasteiger partial charge in [-0.3, -0.25) is 13.7 Å². The molecule has 9 heterocycles. The quantitative estimate of drug-likeness (QED) is 0.141. The molecule has 594 valence electrons. The van der Waals surface area contributed by atoms with Gasteiger partial charge < -0.3 is 13.7 Å². The first kappa shape index (κ1) is 75.2. The summed E-state index contributed by atoms with van der Waals surface area (Å²) < 4.78 is 13.7. The van der Waals surface area contributed by atoms with E-state index in [1.165, 1.54) is 98.0 Å². The lowest BCUT2D eigenvalue weighted by Crippen LogP contribution is -2.04. The number of nitrogens with zero attached hydrogens (tertiary/aromatic N) is 12. The maximum Gasteiger partial charge on any atom is 0.138 e. The van der Waals surface area contributed by atoms with Gasteiger partial charge in [0.05, 0.1) is 137 Å². The summed E-state index contributed by atoms with van der Waals surface area (Å²) in [5.74, 6) is 2.51. The molecule has 15 aromatic carbocycles. The van der Waals surface area contributed by atoms with E-state index in [4.69, 9.17) is 15.0 Å². The summed E-state index contributed by atoms with van der Waals surface area (Å²) in [6, 6.07) is 127. The third-order valence-electron chi connectivity index (χ3n) is 25.4. The molecule has 0 unspecified atom stereocenters. The van der Waals surface area contributed by atoms with Crippen molar-refractivity contribution in [2.24, 2.45) is 0 Å². The molecule has 24 aromatic rings. The molecule has 12 nitrogen and oxygen atoms in total. The van der Waals surface area contributed by atoms with Crippen molar-refractivity contribution in [2.45, 2.75) is 41.5 Å². The van der Waals surface area contributed by atoms with Gasteiger partial charge in [-0.25, -0.2) is 15.0 Å².